The normalized spacial score (nSPS) is 17.4. The van der Waals surface area contributed by atoms with Crippen LogP contribution in [-0.2, 0) is 14.3 Å². The number of benzene rings is 2. The Morgan fingerprint density at radius 3 is 2.44 bits per heavy atom. The third-order valence-corrected chi connectivity index (χ3v) is 6.26. The highest BCUT2D eigenvalue weighted by molar-refractivity contribution is 6.46. The minimum Gasteiger partial charge on any atom is -0.507 e. The minimum absolute atomic E-state index is 0.0158. The summed E-state index contributed by atoms with van der Waals surface area (Å²) in [5, 5.41) is 11.6. The number of carbonyl (C=O) groups is 2. The summed E-state index contributed by atoms with van der Waals surface area (Å²) in [5.41, 5.74) is 2.88. The minimum atomic E-state index is -0.773. The van der Waals surface area contributed by atoms with Gasteiger partial charge in [-0.3, -0.25) is 9.59 Å². The third kappa shape index (κ3) is 5.57. The van der Waals surface area contributed by atoms with Crippen molar-refractivity contribution in [3.05, 3.63) is 64.2 Å². The number of ketones is 1. The number of likely N-dealkylation sites (tertiary alicyclic amines) is 1. The molecule has 3 rings (SSSR count). The zero-order valence-electron chi connectivity index (χ0n) is 22.3. The van der Waals surface area contributed by atoms with Crippen LogP contribution in [0.15, 0.2) is 42.0 Å². The van der Waals surface area contributed by atoms with Crippen LogP contribution in [0.4, 0.5) is 0 Å². The summed E-state index contributed by atoms with van der Waals surface area (Å²) in [6.45, 7) is 12.6. The van der Waals surface area contributed by atoms with Crippen molar-refractivity contribution < 1.29 is 28.9 Å². The predicted molar refractivity (Wildman–Crippen MR) is 140 cm³/mol. The quantitative estimate of drug-likeness (QED) is 0.271. The standard InChI is InChI=1S/C29H37NO6/c1-8-35-21-11-9-10-20(15-21)26-25(28(32)29(33)30(26)12-13-36-18(4)5)27(31)23-16-22(17(2)3)24(34-7)14-19(23)6/h9-11,14-18,26,31H,8,12-13H2,1-7H3/b27-25+. The van der Waals surface area contributed by atoms with Gasteiger partial charge in [-0.15, -0.1) is 0 Å². The predicted octanol–water partition coefficient (Wildman–Crippen LogP) is 5.37. The Morgan fingerprint density at radius 2 is 1.83 bits per heavy atom. The molecular formula is C29H37NO6. The van der Waals surface area contributed by atoms with Crippen LogP contribution in [-0.4, -0.2) is 54.7 Å². The number of carbonyl (C=O) groups excluding carboxylic acids is 2. The van der Waals surface area contributed by atoms with Crippen LogP contribution in [0.2, 0.25) is 0 Å². The number of hydrogen-bond acceptors (Lipinski definition) is 6. The SMILES string of the molecule is CCOc1cccc(C2/C(=C(\O)c3cc(C(C)C)c(OC)cc3C)C(=O)C(=O)N2CCOC(C)C)c1. The molecule has 0 spiro atoms. The van der Waals surface area contributed by atoms with Crippen LogP contribution in [0.5, 0.6) is 11.5 Å². The van der Waals surface area contributed by atoms with Crippen LogP contribution in [0.3, 0.4) is 0 Å². The second-order valence-corrected chi connectivity index (χ2v) is 9.48. The van der Waals surface area contributed by atoms with Crippen molar-refractivity contribution in [2.75, 3.05) is 26.9 Å². The van der Waals surface area contributed by atoms with Gasteiger partial charge in [0, 0.05) is 12.1 Å². The van der Waals surface area contributed by atoms with Gasteiger partial charge >= 0.3 is 0 Å². The molecule has 0 aliphatic carbocycles. The van der Waals surface area contributed by atoms with E-state index in [0.29, 0.717) is 29.2 Å². The van der Waals surface area contributed by atoms with Crippen molar-refractivity contribution in [3.8, 4) is 11.5 Å². The van der Waals surface area contributed by atoms with Crippen molar-refractivity contribution in [1.82, 2.24) is 4.90 Å². The summed E-state index contributed by atoms with van der Waals surface area (Å²) >= 11 is 0. The fourth-order valence-electron chi connectivity index (χ4n) is 4.51. The summed E-state index contributed by atoms with van der Waals surface area (Å²) in [6, 6.07) is 10.2. The Kier molecular flexibility index (Phi) is 8.79. The van der Waals surface area contributed by atoms with Gasteiger partial charge in [-0.25, -0.2) is 0 Å². The van der Waals surface area contributed by atoms with E-state index in [-0.39, 0.29) is 36.5 Å². The Morgan fingerprint density at radius 1 is 1.11 bits per heavy atom. The molecule has 1 saturated heterocycles. The van der Waals surface area contributed by atoms with E-state index < -0.39 is 17.7 Å². The van der Waals surface area contributed by atoms with Crippen molar-refractivity contribution >= 4 is 17.4 Å². The van der Waals surface area contributed by atoms with Crippen LogP contribution >= 0.6 is 0 Å². The number of hydrogen-bond donors (Lipinski definition) is 1. The van der Waals surface area contributed by atoms with E-state index in [4.69, 9.17) is 14.2 Å². The van der Waals surface area contributed by atoms with Gasteiger partial charge in [0.25, 0.3) is 11.7 Å². The molecule has 0 saturated carbocycles. The number of aryl methyl sites for hydroxylation is 1. The lowest BCUT2D eigenvalue weighted by Gasteiger charge is -2.26. The van der Waals surface area contributed by atoms with Gasteiger partial charge in [0.05, 0.1) is 38.0 Å². The maximum absolute atomic E-state index is 13.4. The van der Waals surface area contributed by atoms with Crippen LogP contribution < -0.4 is 9.47 Å². The molecule has 1 N–H and O–H groups in total. The zero-order valence-corrected chi connectivity index (χ0v) is 22.3. The number of ether oxygens (including phenoxy) is 3. The van der Waals surface area contributed by atoms with E-state index >= 15 is 0 Å². The lowest BCUT2D eigenvalue weighted by Crippen LogP contribution is -2.33. The van der Waals surface area contributed by atoms with Crippen LogP contribution in [0, 0.1) is 6.92 Å². The van der Waals surface area contributed by atoms with Crippen LogP contribution in [0.25, 0.3) is 5.76 Å². The molecule has 194 valence electrons. The van der Waals surface area contributed by atoms with Crippen molar-refractivity contribution in [2.24, 2.45) is 0 Å². The maximum Gasteiger partial charge on any atom is 0.295 e. The second-order valence-electron chi connectivity index (χ2n) is 9.48. The number of rotatable bonds is 10. The van der Waals surface area contributed by atoms with Gasteiger partial charge in [0.1, 0.15) is 17.3 Å². The van der Waals surface area contributed by atoms with Gasteiger partial charge in [0.2, 0.25) is 0 Å². The number of amides is 1. The molecule has 0 aromatic heterocycles. The number of Topliss-reactive ketones (excluding diaryl/α,β-unsaturated/α-hetero) is 1. The summed E-state index contributed by atoms with van der Waals surface area (Å²) < 4.78 is 16.9. The van der Waals surface area contributed by atoms with Crippen molar-refractivity contribution in [1.29, 1.82) is 0 Å². The average molecular weight is 496 g/mol. The van der Waals surface area contributed by atoms with E-state index in [1.807, 2.05) is 77.9 Å². The second kappa shape index (κ2) is 11.6. The Balaban J connectivity index is 2.20. The number of methoxy groups -OCH3 is 1. The molecule has 2 aromatic rings. The van der Waals surface area contributed by atoms with E-state index in [1.54, 1.807) is 7.11 Å². The summed E-state index contributed by atoms with van der Waals surface area (Å²) in [5.74, 6) is -0.111. The van der Waals surface area contributed by atoms with Crippen molar-refractivity contribution in [2.45, 2.75) is 59.6 Å². The van der Waals surface area contributed by atoms with Gasteiger partial charge in [-0.05, 0) is 74.6 Å². The van der Waals surface area contributed by atoms with Gasteiger partial charge < -0.3 is 24.2 Å². The molecule has 1 atom stereocenters. The zero-order chi connectivity index (χ0) is 26.6. The molecule has 36 heavy (non-hydrogen) atoms. The first-order valence-corrected chi connectivity index (χ1v) is 12.4. The molecular weight excluding hydrogens is 458 g/mol. The molecule has 0 bridgehead atoms. The molecule has 1 unspecified atom stereocenters. The molecule has 7 heteroatoms. The topological polar surface area (TPSA) is 85.3 Å². The largest absolute Gasteiger partial charge is 0.507 e. The lowest BCUT2D eigenvalue weighted by molar-refractivity contribution is -0.140. The first-order chi connectivity index (χ1) is 17.1. The lowest BCUT2D eigenvalue weighted by atomic mass is 9.91. The molecule has 7 nitrogen and oxygen atoms in total. The smallest absolute Gasteiger partial charge is 0.295 e. The van der Waals surface area contributed by atoms with Gasteiger partial charge in [-0.2, -0.15) is 0 Å². The first kappa shape index (κ1) is 27.3. The summed E-state index contributed by atoms with van der Waals surface area (Å²) in [7, 11) is 1.61. The molecule has 0 radical (unpaired) electrons. The fourth-order valence-corrected chi connectivity index (χ4v) is 4.51. The first-order valence-electron chi connectivity index (χ1n) is 12.4. The Labute approximate surface area is 213 Å². The number of aliphatic hydroxyl groups is 1. The Hall–Kier alpha value is -3.32. The monoisotopic (exact) mass is 495 g/mol. The average Bonchev–Trinajstić information content (AvgIpc) is 3.08. The molecule has 1 heterocycles. The summed E-state index contributed by atoms with van der Waals surface area (Å²) in [6.07, 6.45) is -0.0158. The highest BCUT2D eigenvalue weighted by Gasteiger charge is 2.46. The number of nitrogens with zero attached hydrogens (tertiary/aromatic N) is 1. The van der Waals surface area contributed by atoms with Crippen LogP contribution in [0.1, 0.15) is 68.8 Å². The van der Waals surface area contributed by atoms with E-state index in [9.17, 15) is 14.7 Å². The molecule has 1 aliphatic heterocycles. The fraction of sp³-hybridized carbons (Fsp3) is 0.448. The van der Waals surface area contributed by atoms with E-state index in [0.717, 1.165) is 11.1 Å². The highest BCUT2D eigenvalue weighted by Crippen LogP contribution is 2.42. The van der Waals surface area contributed by atoms with Gasteiger partial charge in [-0.1, -0.05) is 26.0 Å². The summed E-state index contributed by atoms with van der Waals surface area (Å²) in [4.78, 5) is 28.1. The van der Waals surface area contributed by atoms with Crippen molar-refractivity contribution in [3.63, 3.8) is 0 Å². The molecule has 2 aromatic carbocycles. The highest BCUT2D eigenvalue weighted by atomic mass is 16.5. The Bertz CT molecular complexity index is 1150. The molecule has 1 aliphatic rings. The number of aliphatic hydroxyl groups excluding tert-OH is 1. The third-order valence-electron chi connectivity index (χ3n) is 6.26. The van der Waals surface area contributed by atoms with E-state index in [2.05, 4.69) is 0 Å². The van der Waals surface area contributed by atoms with Gasteiger partial charge in [0.15, 0.2) is 0 Å². The molecule has 1 fully saturated rings. The van der Waals surface area contributed by atoms with E-state index in [1.165, 1.54) is 4.90 Å². The molecule has 1 amide bonds. The maximum atomic E-state index is 13.4.